The minimum absolute atomic E-state index is 0.169. The van der Waals surface area contributed by atoms with E-state index in [4.69, 9.17) is 75.8 Å². The van der Waals surface area contributed by atoms with Crippen molar-refractivity contribution in [3.8, 4) is 0 Å². The van der Waals surface area contributed by atoms with Gasteiger partial charge in [0.1, 0.15) is 73.2 Å². The molecule has 2 fully saturated rings. The molecule has 14 atom stereocenters. The van der Waals surface area contributed by atoms with E-state index in [1.165, 1.54) is 0 Å². The largest absolute Gasteiger partial charge is 0.382 e. The predicted octanol–water partition coefficient (Wildman–Crippen LogP) is -0.0878. The van der Waals surface area contributed by atoms with E-state index >= 15 is 0 Å². The Morgan fingerprint density at radius 1 is 0.435 bits per heavy atom. The zero-order chi connectivity index (χ0) is 34.2. The molecule has 0 spiro atoms. The van der Waals surface area contributed by atoms with E-state index < -0.39 is 85.8 Å². The highest BCUT2D eigenvalue weighted by atomic mass is 16.8. The maximum Gasteiger partial charge on any atom is 0.187 e. The fourth-order valence-corrected chi connectivity index (χ4v) is 6.18. The third-order valence-corrected chi connectivity index (χ3v) is 8.38. The summed E-state index contributed by atoms with van der Waals surface area (Å²) in [5.74, 6) is 0. The molecule has 0 bridgehead atoms. The summed E-state index contributed by atoms with van der Waals surface area (Å²) in [6.45, 7) is 0.774. The summed E-state index contributed by atoms with van der Waals surface area (Å²) in [5.41, 5.74) is 0. The predicted molar refractivity (Wildman–Crippen MR) is 161 cm³/mol. The summed E-state index contributed by atoms with van der Waals surface area (Å²) in [5, 5.41) is 0. The highest BCUT2D eigenvalue weighted by Crippen LogP contribution is 2.35. The van der Waals surface area contributed by atoms with Crippen molar-refractivity contribution in [2.75, 3.05) is 112 Å². The first kappa shape index (κ1) is 41.5. The molecular weight excluding hydrogens is 616 g/mol. The van der Waals surface area contributed by atoms with E-state index in [0.29, 0.717) is 0 Å². The number of hydrogen-bond acceptors (Lipinski definition) is 16. The van der Waals surface area contributed by atoms with Crippen LogP contribution in [0, 0.1) is 0 Å². The smallest absolute Gasteiger partial charge is 0.187 e. The zero-order valence-corrected chi connectivity index (χ0v) is 29.4. The molecule has 0 aromatic carbocycles. The number of ether oxygens (including phenoxy) is 16. The molecule has 2 aliphatic heterocycles. The average molecular weight is 675 g/mol. The molecular formula is C30H58O16. The van der Waals surface area contributed by atoms with Crippen LogP contribution in [0.1, 0.15) is 0 Å². The summed E-state index contributed by atoms with van der Waals surface area (Å²) in [7, 11) is 18.8. The Bertz CT molecular complexity index is 781. The van der Waals surface area contributed by atoms with Gasteiger partial charge >= 0.3 is 0 Å². The Labute approximate surface area is 273 Å². The van der Waals surface area contributed by atoms with Crippen molar-refractivity contribution >= 4 is 0 Å². The first-order valence-corrected chi connectivity index (χ1v) is 15.1. The van der Waals surface area contributed by atoms with Gasteiger partial charge < -0.3 is 75.8 Å². The average Bonchev–Trinajstić information content (AvgIpc) is 3.06. The lowest BCUT2D eigenvalue weighted by molar-refractivity contribution is -0.384. The second-order valence-corrected chi connectivity index (χ2v) is 10.9. The number of hydrogen-bond donors (Lipinski definition) is 0. The van der Waals surface area contributed by atoms with Gasteiger partial charge in [-0.2, -0.15) is 0 Å². The van der Waals surface area contributed by atoms with Crippen molar-refractivity contribution in [3.63, 3.8) is 0 Å². The molecule has 2 heterocycles. The van der Waals surface area contributed by atoms with Crippen LogP contribution in [-0.4, -0.2) is 198 Å². The first-order valence-electron chi connectivity index (χ1n) is 15.1. The van der Waals surface area contributed by atoms with Gasteiger partial charge in [-0.05, 0) is 0 Å². The van der Waals surface area contributed by atoms with Crippen LogP contribution in [0.15, 0.2) is 0 Å². The van der Waals surface area contributed by atoms with Crippen LogP contribution in [0.5, 0.6) is 0 Å². The molecule has 14 unspecified atom stereocenters. The monoisotopic (exact) mass is 674 g/mol. The van der Waals surface area contributed by atoms with E-state index in [9.17, 15) is 0 Å². The van der Waals surface area contributed by atoms with Gasteiger partial charge in [0.05, 0.1) is 26.4 Å². The summed E-state index contributed by atoms with van der Waals surface area (Å²) in [6.07, 6.45) is -10.0. The van der Waals surface area contributed by atoms with Crippen molar-refractivity contribution in [2.45, 2.75) is 85.8 Å². The lowest BCUT2D eigenvalue weighted by atomic mass is 9.96. The Balaban J connectivity index is 2.63. The SMILES string of the molecule is COCC(OC)C(OC)C(OC1OC(COC)C(OC)C(OC)C1OC1OC(COC)C(OC)C(OC)C1OC)C(COC)OC. The Hall–Kier alpha value is -0.640. The Morgan fingerprint density at radius 2 is 0.870 bits per heavy atom. The molecule has 2 saturated heterocycles. The molecule has 16 heteroatoms. The van der Waals surface area contributed by atoms with Gasteiger partial charge in [-0.15, -0.1) is 0 Å². The van der Waals surface area contributed by atoms with Gasteiger partial charge in [0.15, 0.2) is 12.6 Å². The summed E-state index contributed by atoms with van der Waals surface area (Å²) in [6, 6.07) is 0. The van der Waals surface area contributed by atoms with Crippen molar-refractivity contribution in [2.24, 2.45) is 0 Å². The quantitative estimate of drug-likeness (QED) is 0.142. The number of rotatable bonds is 23. The van der Waals surface area contributed by atoms with Gasteiger partial charge in [0.25, 0.3) is 0 Å². The van der Waals surface area contributed by atoms with Gasteiger partial charge in [0.2, 0.25) is 0 Å². The number of methoxy groups -OCH3 is 12. The van der Waals surface area contributed by atoms with E-state index in [1.54, 1.807) is 85.3 Å². The van der Waals surface area contributed by atoms with Crippen molar-refractivity contribution in [3.05, 3.63) is 0 Å². The van der Waals surface area contributed by atoms with Crippen LogP contribution >= 0.6 is 0 Å². The summed E-state index contributed by atoms with van der Waals surface area (Å²) in [4.78, 5) is 0. The molecule has 0 aliphatic carbocycles. The highest BCUT2D eigenvalue weighted by molar-refractivity contribution is 4.97. The van der Waals surface area contributed by atoms with Crippen molar-refractivity contribution in [1.82, 2.24) is 0 Å². The molecule has 2 aliphatic rings. The molecule has 0 N–H and O–H groups in total. The van der Waals surface area contributed by atoms with Crippen molar-refractivity contribution < 1.29 is 75.8 Å². The Morgan fingerprint density at radius 3 is 1.26 bits per heavy atom. The fourth-order valence-electron chi connectivity index (χ4n) is 6.18. The highest BCUT2D eigenvalue weighted by Gasteiger charge is 2.55. The lowest BCUT2D eigenvalue weighted by Crippen LogP contribution is -2.67. The minimum atomic E-state index is -1.10. The first-order chi connectivity index (χ1) is 22.3. The van der Waals surface area contributed by atoms with E-state index in [2.05, 4.69) is 0 Å². The van der Waals surface area contributed by atoms with E-state index in [1.807, 2.05) is 0 Å². The van der Waals surface area contributed by atoms with Crippen LogP contribution in [-0.2, 0) is 75.8 Å². The van der Waals surface area contributed by atoms with Crippen LogP contribution < -0.4 is 0 Å². The third-order valence-electron chi connectivity index (χ3n) is 8.38. The second-order valence-electron chi connectivity index (χ2n) is 10.9. The van der Waals surface area contributed by atoms with Gasteiger partial charge in [-0.1, -0.05) is 0 Å². The normalized spacial score (nSPS) is 34.7. The molecule has 274 valence electrons. The van der Waals surface area contributed by atoms with E-state index in [0.717, 1.165) is 0 Å². The fraction of sp³-hybridized carbons (Fsp3) is 1.00. The third kappa shape index (κ3) is 10.2. The van der Waals surface area contributed by atoms with Crippen LogP contribution in [0.2, 0.25) is 0 Å². The second kappa shape index (κ2) is 22.2. The van der Waals surface area contributed by atoms with Crippen molar-refractivity contribution in [1.29, 1.82) is 0 Å². The zero-order valence-electron chi connectivity index (χ0n) is 29.4. The molecule has 0 saturated carbocycles. The maximum atomic E-state index is 6.79. The summed E-state index contributed by atoms with van der Waals surface area (Å²) < 4.78 is 95.2. The molecule has 0 aromatic heterocycles. The van der Waals surface area contributed by atoms with Gasteiger partial charge in [-0.25, -0.2) is 0 Å². The standard InChI is InChI=1S/C30H58O16/c1-31-13-17(35-5)21(37-7)24(18(36-6)14-32-2)45-30-28(26(41-11)23(39-9)20(44-30)16-34-4)46-29-27(42-12)25(40-10)22(38-8)19(43-29)15-33-3/h17-30H,13-16H2,1-12H3. The van der Waals surface area contributed by atoms with Gasteiger partial charge in [0, 0.05) is 85.3 Å². The maximum absolute atomic E-state index is 6.79. The molecule has 0 radical (unpaired) electrons. The van der Waals surface area contributed by atoms with Crippen LogP contribution in [0.3, 0.4) is 0 Å². The minimum Gasteiger partial charge on any atom is -0.382 e. The van der Waals surface area contributed by atoms with E-state index in [-0.39, 0.29) is 26.4 Å². The van der Waals surface area contributed by atoms with Crippen LogP contribution in [0.4, 0.5) is 0 Å². The molecule has 2 rings (SSSR count). The topological polar surface area (TPSA) is 148 Å². The Kier molecular flexibility index (Phi) is 20.0. The summed E-state index contributed by atoms with van der Waals surface area (Å²) >= 11 is 0. The lowest BCUT2D eigenvalue weighted by Gasteiger charge is -2.50. The molecule has 46 heavy (non-hydrogen) atoms. The van der Waals surface area contributed by atoms with Crippen LogP contribution in [0.25, 0.3) is 0 Å². The molecule has 0 aromatic rings. The molecule has 16 nitrogen and oxygen atoms in total. The molecule has 0 amide bonds. The van der Waals surface area contributed by atoms with Gasteiger partial charge in [-0.3, -0.25) is 0 Å².